The number of ketones is 1. The van der Waals surface area contributed by atoms with Crippen molar-refractivity contribution in [3.05, 3.63) is 48.0 Å². The summed E-state index contributed by atoms with van der Waals surface area (Å²) in [6.07, 6.45) is 13.0. The number of esters is 1. The monoisotopic (exact) mass is 450 g/mol. The van der Waals surface area contributed by atoms with E-state index in [4.69, 9.17) is 10.3 Å². The van der Waals surface area contributed by atoms with Crippen molar-refractivity contribution < 1.29 is 14.3 Å². The number of ether oxygens (including phenoxy) is 1. The molecule has 0 aromatic heterocycles. The van der Waals surface area contributed by atoms with E-state index >= 15 is 0 Å². The number of benzene rings is 2. The quantitative estimate of drug-likeness (QED) is 0.0912. The molecule has 5 nitrogen and oxygen atoms in total. The maximum Gasteiger partial charge on any atom is 0.311 e. The molecular weight excluding hydrogens is 412 g/mol. The maximum atomic E-state index is 12.2. The number of unbranched alkanes of at least 4 members (excludes halogenated alkanes) is 9. The Morgan fingerprint density at radius 2 is 1.36 bits per heavy atom. The van der Waals surface area contributed by atoms with Crippen LogP contribution in [0.4, 0.5) is 5.69 Å². The molecule has 0 fully saturated rings. The van der Waals surface area contributed by atoms with Crippen molar-refractivity contribution in [1.82, 2.24) is 0 Å². The Labute approximate surface area is 198 Å². The lowest BCUT2D eigenvalue weighted by atomic mass is 10.0. The minimum absolute atomic E-state index is 0.105. The Kier molecular flexibility index (Phi) is 12.1. The molecule has 0 saturated carbocycles. The molecule has 178 valence electrons. The molecule has 2 aromatic rings. The van der Waals surface area contributed by atoms with Crippen molar-refractivity contribution >= 4 is 17.4 Å². The van der Waals surface area contributed by atoms with E-state index < -0.39 is 0 Å². The summed E-state index contributed by atoms with van der Waals surface area (Å²) in [7, 11) is 0. The van der Waals surface area contributed by atoms with Gasteiger partial charge in [-0.05, 0) is 29.7 Å². The number of hydrogen-bond donors (Lipinski definition) is 1. The second-order valence-corrected chi connectivity index (χ2v) is 8.55. The molecular formula is C28H38N2O3. The van der Waals surface area contributed by atoms with E-state index in [9.17, 15) is 9.59 Å². The third-order valence-electron chi connectivity index (χ3n) is 5.90. The summed E-state index contributed by atoms with van der Waals surface area (Å²) in [6, 6.07) is 12.6. The van der Waals surface area contributed by atoms with Crippen LogP contribution in [-0.4, -0.2) is 11.8 Å². The predicted molar refractivity (Wildman–Crippen MR) is 133 cm³/mol. The van der Waals surface area contributed by atoms with E-state index in [-0.39, 0.29) is 11.8 Å². The van der Waals surface area contributed by atoms with Crippen molar-refractivity contribution in [1.29, 1.82) is 5.53 Å². The highest BCUT2D eigenvalue weighted by Gasteiger charge is 2.11. The number of carbonyl (C=O) groups is 2. The standard InChI is InChI=1S/C28H38N2O3/c1-3-5-6-7-8-9-10-11-12-13-14-28(32)33-27-20-19-24(21-25(27)30-29)22-15-17-23(18-16-22)26(31)4-2/h15-21,29H,3-14H2,1-2H3. The van der Waals surface area contributed by atoms with Crippen molar-refractivity contribution in [2.24, 2.45) is 5.11 Å². The minimum Gasteiger partial charge on any atom is -0.424 e. The number of nitrogens with zero attached hydrogens (tertiary/aromatic N) is 1. The highest BCUT2D eigenvalue weighted by Crippen LogP contribution is 2.33. The van der Waals surface area contributed by atoms with Gasteiger partial charge in [-0.25, -0.2) is 5.53 Å². The first-order valence-corrected chi connectivity index (χ1v) is 12.4. The fraction of sp³-hybridized carbons (Fsp3) is 0.500. The number of hydrogen-bond acceptors (Lipinski definition) is 5. The summed E-state index contributed by atoms with van der Waals surface area (Å²) < 4.78 is 5.48. The zero-order valence-corrected chi connectivity index (χ0v) is 20.2. The van der Waals surface area contributed by atoms with Gasteiger partial charge in [0.25, 0.3) is 0 Å². The first kappa shape index (κ1) is 26.4. The van der Waals surface area contributed by atoms with Crippen molar-refractivity contribution in [2.75, 3.05) is 0 Å². The van der Waals surface area contributed by atoms with E-state index in [0.717, 1.165) is 30.4 Å². The number of nitrogens with one attached hydrogen (secondary N) is 1. The molecule has 0 aliphatic rings. The van der Waals surface area contributed by atoms with Crippen LogP contribution in [0.3, 0.4) is 0 Å². The van der Waals surface area contributed by atoms with Crippen molar-refractivity contribution in [3.63, 3.8) is 0 Å². The lowest BCUT2D eigenvalue weighted by molar-refractivity contribution is -0.134. The first-order valence-electron chi connectivity index (χ1n) is 12.4. The maximum absolute atomic E-state index is 12.2. The van der Waals surface area contributed by atoms with Gasteiger partial charge < -0.3 is 4.74 Å². The van der Waals surface area contributed by atoms with Crippen LogP contribution in [-0.2, 0) is 4.79 Å². The molecule has 0 spiro atoms. The third kappa shape index (κ3) is 9.29. The zero-order chi connectivity index (χ0) is 23.9. The number of carbonyl (C=O) groups excluding carboxylic acids is 2. The largest absolute Gasteiger partial charge is 0.424 e. The van der Waals surface area contributed by atoms with Crippen LogP contribution in [0.25, 0.3) is 11.1 Å². The highest BCUT2D eigenvalue weighted by atomic mass is 16.5. The SMILES string of the molecule is CCCCCCCCCCCCC(=O)Oc1ccc(-c2ccc(C(=O)CC)cc2)cc1N=N. The van der Waals surface area contributed by atoms with Crippen LogP contribution in [0.2, 0.25) is 0 Å². The normalized spacial score (nSPS) is 10.7. The van der Waals surface area contributed by atoms with Crippen LogP contribution in [0.15, 0.2) is 47.6 Å². The fourth-order valence-corrected chi connectivity index (χ4v) is 3.85. The second kappa shape index (κ2) is 15.1. The van der Waals surface area contributed by atoms with Gasteiger partial charge in [0.05, 0.1) is 0 Å². The molecule has 33 heavy (non-hydrogen) atoms. The average Bonchev–Trinajstić information content (AvgIpc) is 2.85. The molecule has 0 heterocycles. The van der Waals surface area contributed by atoms with Gasteiger partial charge in [-0.1, -0.05) is 102 Å². The predicted octanol–water partition coefficient (Wildman–Crippen LogP) is 8.83. The molecule has 5 heteroatoms. The van der Waals surface area contributed by atoms with Gasteiger partial charge in [0.2, 0.25) is 0 Å². The molecule has 0 amide bonds. The fourth-order valence-electron chi connectivity index (χ4n) is 3.85. The summed E-state index contributed by atoms with van der Waals surface area (Å²) in [4.78, 5) is 24.0. The van der Waals surface area contributed by atoms with E-state index in [0.29, 0.717) is 29.8 Å². The Balaban J connectivity index is 1.78. The van der Waals surface area contributed by atoms with Crippen LogP contribution in [0, 0.1) is 5.53 Å². The molecule has 0 aliphatic carbocycles. The first-order chi connectivity index (χ1) is 16.1. The number of Topliss-reactive ketones (excluding diaryl/α,β-unsaturated/α-hetero) is 1. The molecule has 0 aliphatic heterocycles. The molecule has 0 radical (unpaired) electrons. The van der Waals surface area contributed by atoms with Crippen LogP contribution < -0.4 is 4.74 Å². The summed E-state index contributed by atoms with van der Waals surface area (Å²) in [5, 5.41) is 3.54. The second-order valence-electron chi connectivity index (χ2n) is 8.55. The van der Waals surface area contributed by atoms with Gasteiger partial charge in [0, 0.05) is 18.4 Å². The molecule has 0 unspecified atom stereocenters. The lowest BCUT2D eigenvalue weighted by Crippen LogP contribution is -2.07. The zero-order valence-electron chi connectivity index (χ0n) is 20.2. The van der Waals surface area contributed by atoms with Crippen LogP contribution in [0.1, 0.15) is 101 Å². The van der Waals surface area contributed by atoms with E-state index in [1.54, 1.807) is 24.3 Å². The molecule has 2 rings (SSSR count). The molecule has 1 N–H and O–H groups in total. The third-order valence-corrected chi connectivity index (χ3v) is 5.90. The topological polar surface area (TPSA) is 79.6 Å². The molecule has 0 bridgehead atoms. The summed E-state index contributed by atoms with van der Waals surface area (Å²) in [5.41, 5.74) is 10.2. The van der Waals surface area contributed by atoms with E-state index in [1.807, 2.05) is 25.1 Å². The van der Waals surface area contributed by atoms with Gasteiger partial charge in [0.15, 0.2) is 11.5 Å². The van der Waals surface area contributed by atoms with Gasteiger partial charge in [0.1, 0.15) is 5.69 Å². The van der Waals surface area contributed by atoms with Crippen molar-refractivity contribution in [3.8, 4) is 16.9 Å². The Bertz CT molecular complexity index is 891. The molecule has 2 aromatic carbocycles. The van der Waals surface area contributed by atoms with Gasteiger partial charge in [-0.15, -0.1) is 0 Å². The van der Waals surface area contributed by atoms with Gasteiger partial charge >= 0.3 is 5.97 Å². The summed E-state index contributed by atoms with van der Waals surface area (Å²) >= 11 is 0. The van der Waals surface area contributed by atoms with E-state index in [1.165, 1.54) is 44.9 Å². The minimum atomic E-state index is -0.283. The molecule has 0 atom stereocenters. The Morgan fingerprint density at radius 1 is 0.788 bits per heavy atom. The smallest absolute Gasteiger partial charge is 0.311 e. The van der Waals surface area contributed by atoms with Crippen LogP contribution >= 0.6 is 0 Å². The number of rotatable bonds is 16. The van der Waals surface area contributed by atoms with E-state index in [2.05, 4.69) is 12.0 Å². The Hall–Kier alpha value is -2.82. The van der Waals surface area contributed by atoms with Crippen LogP contribution in [0.5, 0.6) is 5.75 Å². The van der Waals surface area contributed by atoms with Crippen molar-refractivity contribution in [2.45, 2.75) is 90.9 Å². The summed E-state index contributed by atoms with van der Waals surface area (Å²) in [5.74, 6) is 0.131. The highest BCUT2D eigenvalue weighted by molar-refractivity contribution is 5.96. The average molecular weight is 451 g/mol. The lowest BCUT2D eigenvalue weighted by Gasteiger charge is -2.09. The van der Waals surface area contributed by atoms with Gasteiger partial charge in [-0.2, -0.15) is 5.11 Å². The summed E-state index contributed by atoms with van der Waals surface area (Å²) in [6.45, 7) is 4.08. The van der Waals surface area contributed by atoms with Gasteiger partial charge in [-0.3, -0.25) is 9.59 Å². The Morgan fingerprint density at radius 3 is 1.94 bits per heavy atom. The molecule has 0 saturated heterocycles.